The van der Waals surface area contributed by atoms with Crippen LogP contribution in [-0.4, -0.2) is 26.5 Å². The topological polar surface area (TPSA) is 69.7 Å². The van der Waals surface area contributed by atoms with Crippen molar-refractivity contribution in [1.82, 2.24) is 19.9 Å². The lowest BCUT2D eigenvalue weighted by molar-refractivity contribution is -0.137. The fraction of sp³-hybridized carbons (Fsp3) is 0.227. The quantitative estimate of drug-likeness (QED) is 0.503. The Bertz CT molecular complexity index is 1230. The Hall–Kier alpha value is -3.62. The van der Waals surface area contributed by atoms with Crippen molar-refractivity contribution in [2.75, 3.05) is 16.8 Å². The smallest absolute Gasteiger partial charge is 0.364 e. The average Bonchev–Trinajstić information content (AvgIpc) is 3.22. The van der Waals surface area contributed by atoms with Crippen LogP contribution in [0.1, 0.15) is 22.3 Å². The largest absolute Gasteiger partial charge is 0.416 e. The molecule has 158 valence electrons. The second-order valence-corrected chi connectivity index (χ2v) is 7.47. The maximum atomic E-state index is 13.0. The molecule has 6 nitrogen and oxygen atoms in total. The van der Waals surface area contributed by atoms with E-state index >= 15 is 0 Å². The Morgan fingerprint density at radius 2 is 1.87 bits per heavy atom. The van der Waals surface area contributed by atoms with Gasteiger partial charge in [0.05, 0.1) is 5.56 Å². The number of alkyl halides is 3. The fourth-order valence-electron chi connectivity index (χ4n) is 3.82. The number of hydrogen-bond acceptors (Lipinski definition) is 5. The van der Waals surface area contributed by atoms with Gasteiger partial charge in [0.2, 0.25) is 5.95 Å². The molecule has 2 aromatic heterocycles. The number of H-pyrrole nitrogens is 1. The summed E-state index contributed by atoms with van der Waals surface area (Å²) in [6.45, 7) is 1.77. The predicted octanol–water partition coefficient (Wildman–Crippen LogP) is 4.55. The highest BCUT2D eigenvalue weighted by Crippen LogP contribution is 2.30. The Morgan fingerprint density at radius 1 is 1.03 bits per heavy atom. The van der Waals surface area contributed by atoms with Crippen molar-refractivity contribution in [3.63, 3.8) is 0 Å². The third-order valence-corrected chi connectivity index (χ3v) is 5.42. The van der Waals surface area contributed by atoms with Crippen molar-refractivity contribution < 1.29 is 13.2 Å². The molecular formula is C22H19F3N6. The van der Waals surface area contributed by atoms with E-state index in [0.717, 1.165) is 31.6 Å². The van der Waals surface area contributed by atoms with E-state index in [4.69, 9.17) is 0 Å². The minimum absolute atomic E-state index is 0.196. The summed E-state index contributed by atoms with van der Waals surface area (Å²) in [5, 5.41) is 3.11. The van der Waals surface area contributed by atoms with Gasteiger partial charge in [-0.2, -0.15) is 18.2 Å². The van der Waals surface area contributed by atoms with Gasteiger partial charge in [0.15, 0.2) is 11.5 Å². The molecule has 2 aromatic carbocycles. The van der Waals surface area contributed by atoms with Gasteiger partial charge in [-0.05, 0) is 35.2 Å². The molecule has 0 radical (unpaired) electrons. The molecule has 0 aliphatic carbocycles. The van der Waals surface area contributed by atoms with E-state index in [-0.39, 0.29) is 6.54 Å². The minimum Gasteiger partial charge on any atom is -0.364 e. The molecule has 0 spiro atoms. The number of imidazole rings is 1. The van der Waals surface area contributed by atoms with E-state index in [1.807, 2.05) is 12.1 Å². The lowest BCUT2D eigenvalue weighted by atomic mass is 10.0. The zero-order chi connectivity index (χ0) is 21.4. The summed E-state index contributed by atoms with van der Waals surface area (Å²) in [7, 11) is 0. The van der Waals surface area contributed by atoms with Crippen LogP contribution in [0.4, 0.5) is 24.9 Å². The number of benzene rings is 2. The van der Waals surface area contributed by atoms with Gasteiger partial charge < -0.3 is 15.2 Å². The lowest BCUT2D eigenvalue weighted by Gasteiger charge is -2.28. The first-order valence-corrected chi connectivity index (χ1v) is 9.90. The molecule has 1 aliphatic rings. The van der Waals surface area contributed by atoms with Crippen LogP contribution in [0.25, 0.3) is 11.2 Å². The standard InChI is InChI=1S/C22H19F3N6/c23-22(24,25)17-7-3-4-14(10-17)11-26-19-18-20(28-13-27-19)30-21(29-18)31-9-8-15-5-1-2-6-16(15)12-31/h1-7,10,13H,8-9,11-12H2,(H2,26,27,28,29,30). The van der Waals surface area contributed by atoms with Crippen LogP contribution in [-0.2, 0) is 25.7 Å². The molecule has 0 fully saturated rings. The summed E-state index contributed by atoms with van der Waals surface area (Å²) in [5.74, 6) is 1.20. The van der Waals surface area contributed by atoms with Crippen molar-refractivity contribution in [2.45, 2.75) is 25.7 Å². The van der Waals surface area contributed by atoms with Crippen LogP contribution < -0.4 is 10.2 Å². The van der Waals surface area contributed by atoms with E-state index in [1.165, 1.54) is 23.5 Å². The van der Waals surface area contributed by atoms with Gasteiger partial charge >= 0.3 is 6.18 Å². The van der Waals surface area contributed by atoms with Crippen LogP contribution in [0.3, 0.4) is 0 Å². The minimum atomic E-state index is -4.37. The highest BCUT2D eigenvalue weighted by Gasteiger charge is 2.30. The molecule has 31 heavy (non-hydrogen) atoms. The Labute approximate surface area is 176 Å². The molecular weight excluding hydrogens is 405 g/mol. The van der Waals surface area contributed by atoms with Crippen molar-refractivity contribution in [1.29, 1.82) is 0 Å². The van der Waals surface area contributed by atoms with E-state index in [2.05, 4.69) is 42.3 Å². The first kappa shape index (κ1) is 19.3. The summed E-state index contributed by atoms with van der Waals surface area (Å²) in [6.07, 6.45) is -2.05. The molecule has 0 atom stereocenters. The molecule has 0 unspecified atom stereocenters. The van der Waals surface area contributed by atoms with Gasteiger partial charge in [0.1, 0.15) is 11.8 Å². The van der Waals surface area contributed by atoms with Gasteiger partial charge in [-0.15, -0.1) is 0 Å². The van der Waals surface area contributed by atoms with Gasteiger partial charge in [-0.25, -0.2) is 9.97 Å². The Morgan fingerprint density at radius 3 is 2.71 bits per heavy atom. The average molecular weight is 424 g/mol. The van der Waals surface area contributed by atoms with Crippen molar-refractivity contribution in [3.8, 4) is 0 Å². The molecule has 3 heterocycles. The van der Waals surface area contributed by atoms with Crippen LogP contribution in [0.2, 0.25) is 0 Å². The Kier molecular flexibility index (Phi) is 4.72. The molecule has 0 saturated carbocycles. The molecule has 4 aromatic rings. The van der Waals surface area contributed by atoms with Gasteiger partial charge in [-0.3, -0.25) is 0 Å². The number of aromatic nitrogens is 4. The van der Waals surface area contributed by atoms with E-state index in [0.29, 0.717) is 28.5 Å². The first-order chi connectivity index (χ1) is 15.0. The lowest BCUT2D eigenvalue weighted by Crippen LogP contribution is -2.31. The fourth-order valence-corrected chi connectivity index (χ4v) is 3.82. The Balaban J connectivity index is 1.37. The predicted molar refractivity (Wildman–Crippen MR) is 112 cm³/mol. The molecule has 9 heteroatoms. The number of nitrogens with one attached hydrogen (secondary N) is 2. The first-order valence-electron chi connectivity index (χ1n) is 9.90. The van der Waals surface area contributed by atoms with E-state index in [1.54, 1.807) is 6.07 Å². The van der Waals surface area contributed by atoms with Crippen LogP contribution >= 0.6 is 0 Å². The van der Waals surface area contributed by atoms with E-state index < -0.39 is 11.7 Å². The van der Waals surface area contributed by atoms with Crippen LogP contribution in [0, 0.1) is 0 Å². The summed E-state index contributed by atoms with van der Waals surface area (Å²) in [6, 6.07) is 13.6. The number of halogens is 3. The third kappa shape index (κ3) is 3.90. The maximum absolute atomic E-state index is 13.0. The number of fused-ring (bicyclic) bond motifs is 2. The summed E-state index contributed by atoms with van der Waals surface area (Å²) >= 11 is 0. The summed E-state index contributed by atoms with van der Waals surface area (Å²) < 4.78 is 38.9. The SMILES string of the molecule is FC(F)(F)c1cccc(CNc2ncnc3nc(N4CCc5ccccc5C4)[nH]c23)c1. The summed E-state index contributed by atoms with van der Waals surface area (Å²) in [5.41, 5.74) is 3.59. The second kappa shape index (κ2) is 7.57. The monoisotopic (exact) mass is 424 g/mol. The zero-order valence-electron chi connectivity index (χ0n) is 16.4. The normalized spacial score (nSPS) is 14.0. The number of aromatic amines is 1. The van der Waals surface area contributed by atoms with E-state index in [9.17, 15) is 13.2 Å². The molecule has 2 N–H and O–H groups in total. The van der Waals surface area contributed by atoms with Crippen molar-refractivity contribution in [3.05, 3.63) is 77.1 Å². The number of hydrogen-bond donors (Lipinski definition) is 2. The molecule has 0 bridgehead atoms. The third-order valence-electron chi connectivity index (χ3n) is 5.42. The maximum Gasteiger partial charge on any atom is 0.416 e. The highest BCUT2D eigenvalue weighted by atomic mass is 19.4. The molecule has 0 amide bonds. The molecule has 1 aliphatic heterocycles. The number of rotatable bonds is 4. The number of nitrogens with zero attached hydrogens (tertiary/aromatic N) is 4. The van der Waals surface area contributed by atoms with Crippen molar-refractivity contribution >= 4 is 22.9 Å². The van der Waals surface area contributed by atoms with Crippen molar-refractivity contribution in [2.24, 2.45) is 0 Å². The van der Waals surface area contributed by atoms with Crippen LogP contribution in [0.15, 0.2) is 54.9 Å². The molecule has 0 saturated heterocycles. The van der Waals surface area contributed by atoms with Gasteiger partial charge in [0, 0.05) is 19.6 Å². The zero-order valence-corrected chi connectivity index (χ0v) is 16.4. The van der Waals surface area contributed by atoms with Gasteiger partial charge in [-0.1, -0.05) is 36.4 Å². The van der Waals surface area contributed by atoms with Crippen LogP contribution in [0.5, 0.6) is 0 Å². The second-order valence-electron chi connectivity index (χ2n) is 7.47. The highest BCUT2D eigenvalue weighted by molar-refractivity contribution is 5.84. The van der Waals surface area contributed by atoms with Gasteiger partial charge in [0.25, 0.3) is 0 Å². The molecule has 5 rings (SSSR count). The summed E-state index contributed by atoms with van der Waals surface area (Å²) in [4.78, 5) is 18.5. The number of anilines is 2.